The molecule has 4 N–H and O–H groups in total. The van der Waals surface area contributed by atoms with Gasteiger partial charge in [0.15, 0.2) is 0 Å². The monoisotopic (exact) mass is 456 g/mol. The number of sulfonamides is 1. The van der Waals surface area contributed by atoms with Crippen LogP contribution in [0.1, 0.15) is 36.9 Å². The third kappa shape index (κ3) is 4.52. The van der Waals surface area contributed by atoms with Gasteiger partial charge in [0.25, 0.3) is 0 Å². The molecule has 9 nitrogen and oxygen atoms in total. The van der Waals surface area contributed by atoms with Gasteiger partial charge in [-0.15, -0.1) is 0 Å². The molecule has 170 valence electrons. The third-order valence-electron chi connectivity index (χ3n) is 5.88. The predicted octanol–water partition coefficient (Wildman–Crippen LogP) is 2.32. The van der Waals surface area contributed by atoms with Gasteiger partial charge in [0.2, 0.25) is 10.0 Å². The van der Waals surface area contributed by atoms with Crippen molar-refractivity contribution in [2.24, 2.45) is 7.05 Å². The number of aliphatic hydroxyl groups is 1. The molecule has 0 bridgehead atoms. The molecule has 3 aromatic rings. The van der Waals surface area contributed by atoms with E-state index in [1.807, 2.05) is 27.1 Å². The zero-order chi connectivity index (χ0) is 23.0. The highest BCUT2D eigenvalue weighted by Gasteiger charge is 2.25. The number of aryl methyl sites for hydroxylation is 3. The lowest BCUT2D eigenvalue weighted by atomic mass is 9.94. The number of hydrogen-bond donors (Lipinski definition) is 3. The number of benzene rings is 1. The van der Waals surface area contributed by atoms with E-state index in [1.165, 1.54) is 0 Å². The first-order valence-corrected chi connectivity index (χ1v) is 12.1. The summed E-state index contributed by atoms with van der Waals surface area (Å²) >= 11 is 0. The molecule has 0 unspecified atom stereocenters. The van der Waals surface area contributed by atoms with Gasteiger partial charge in [0.05, 0.1) is 28.6 Å². The molecular formula is C22H28N6O3S. The van der Waals surface area contributed by atoms with Gasteiger partial charge < -0.3 is 10.8 Å². The van der Waals surface area contributed by atoms with Crippen molar-refractivity contribution >= 4 is 15.8 Å². The molecule has 1 aromatic carbocycles. The van der Waals surface area contributed by atoms with Crippen molar-refractivity contribution in [1.29, 1.82) is 0 Å². The van der Waals surface area contributed by atoms with E-state index in [4.69, 9.17) is 10.7 Å². The maximum absolute atomic E-state index is 13.0. The normalized spacial score (nSPS) is 19.2. The Morgan fingerprint density at radius 1 is 1.16 bits per heavy atom. The van der Waals surface area contributed by atoms with E-state index in [-0.39, 0.29) is 22.9 Å². The topological polar surface area (TPSA) is 136 Å². The molecule has 1 aliphatic carbocycles. The van der Waals surface area contributed by atoms with E-state index in [0.717, 1.165) is 16.8 Å². The summed E-state index contributed by atoms with van der Waals surface area (Å²) in [7, 11) is -1.89. The summed E-state index contributed by atoms with van der Waals surface area (Å²) in [5, 5.41) is 14.0. The molecule has 1 fully saturated rings. The summed E-state index contributed by atoms with van der Waals surface area (Å²) in [6.45, 7) is 3.77. The van der Waals surface area contributed by atoms with Crippen LogP contribution in [0.25, 0.3) is 22.5 Å². The second-order valence-corrected chi connectivity index (χ2v) is 10.1. The smallest absolute Gasteiger partial charge is 0.240 e. The molecule has 1 saturated carbocycles. The molecule has 0 spiro atoms. The lowest BCUT2D eigenvalue weighted by Crippen LogP contribution is -2.38. The largest absolute Gasteiger partial charge is 0.393 e. The van der Waals surface area contributed by atoms with Gasteiger partial charge in [-0.05, 0) is 57.2 Å². The van der Waals surface area contributed by atoms with Crippen molar-refractivity contribution in [3.8, 4) is 22.5 Å². The standard InChI is InChI=1S/C22H28N6O3S/c1-13-4-9-17(32(30,31)27-15-5-7-16(29)8-6-15)10-18(13)20-11-24-22(23)21(25-20)19-12-28(3)26-14(19)2/h4,9-12,15-16,27,29H,5-8H2,1-3H3,(H2,23,24)/t15-,16+. The Hall–Kier alpha value is -2.82. The molecule has 0 saturated heterocycles. The first-order valence-electron chi connectivity index (χ1n) is 10.6. The van der Waals surface area contributed by atoms with E-state index in [0.29, 0.717) is 42.6 Å². The van der Waals surface area contributed by atoms with E-state index < -0.39 is 10.0 Å². The van der Waals surface area contributed by atoms with E-state index in [2.05, 4.69) is 14.8 Å². The number of aromatic nitrogens is 4. The Labute approximate surface area is 187 Å². The second kappa shape index (κ2) is 8.61. The van der Waals surface area contributed by atoms with Crippen LogP contribution in [0.5, 0.6) is 0 Å². The van der Waals surface area contributed by atoms with Gasteiger partial charge in [-0.2, -0.15) is 5.10 Å². The van der Waals surface area contributed by atoms with Gasteiger partial charge in [-0.25, -0.2) is 23.1 Å². The van der Waals surface area contributed by atoms with Crippen LogP contribution in [0.4, 0.5) is 5.82 Å². The molecule has 32 heavy (non-hydrogen) atoms. The van der Waals surface area contributed by atoms with Gasteiger partial charge in [-0.1, -0.05) is 6.07 Å². The summed E-state index contributed by atoms with van der Waals surface area (Å²) in [5.74, 6) is 0.285. The van der Waals surface area contributed by atoms with Crippen molar-refractivity contribution in [1.82, 2.24) is 24.5 Å². The van der Waals surface area contributed by atoms with Crippen LogP contribution in [0.15, 0.2) is 35.5 Å². The number of nitrogens with one attached hydrogen (secondary N) is 1. The molecule has 2 heterocycles. The number of nitrogens with zero attached hydrogens (tertiary/aromatic N) is 4. The summed E-state index contributed by atoms with van der Waals surface area (Å²) < 4.78 is 30.5. The number of aliphatic hydroxyl groups excluding tert-OH is 1. The fraction of sp³-hybridized carbons (Fsp3) is 0.409. The zero-order valence-electron chi connectivity index (χ0n) is 18.4. The Kier molecular flexibility index (Phi) is 6.02. The van der Waals surface area contributed by atoms with Crippen LogP contribution in [-0.4, -0.2) is 45.4 Å². The minimum Gasteiger partial charge on any atom is -0.393 e. The Balaban J connectivity index is 1.69. The average molecular weight is 457 g/mol. The number of rotatable bonds is 5. The molecule has 2 aromatic heterocycles. The highest BCUT2D eigenvalue weighted by atomic mass is 32.2. The summed E-state index contributed by atoms with van der Waals surface area (Å²) in [5.41, 5.74) is 10.2. The van der Waals surface area contributed by atoms with Crippen LogP contribution >= 0.6 is 0 Å². The molecule has 0 amide bonds. The van der Waals surface area contributed by atoms with Crippen LogP contribution in [0, 0.1) is 13.8 Å². The van der Waals surface area contributed by atoms with E-state index in [1.54, 1.807) is 29.1 Å². The number of anilines is 1. The highest BCUT2D eigenvalue weighted by Crippen LogP contribution is 2.30. The molecular weight excluding hydrogens is 428 g/mol. The Bertz CT molecular complexity index is 1250. The van der Waals surface area contributed by atoms with Crippen molar-refractivity contribution in [2.75, 3.05) is 5.73 Å². The zero-order valence-corrected chi connectivity index (χ0v) is 19.2. The van der Waals surface area contributed by atoms with Crippen LogP contribution < -0.4 is 10.5 Å². The minimum atomic E-state index is -3.72. The van der Waals surface area contributed by atoms with Crippen molar-refractivity contribution < 1.29 is 13.5 Å². The molecule has 0 radical (unpaired) electrons. The second-order valence-electron chi connectivity index (χ2n) is 8.39. The van der Waals surface area contributed by atoms with Crippen molar-refractivity contribution in [2.45, 2.75) is 56.6 Å². The Morgan fingerprint density at radius 3 is 2.53 bits per heavy atom. The first-order chi connectivity index (χ1) is 15.1. The summed E-state index contributed by atoms with van der Waals surface area (Å²) in [6.07, 6.45) is 5.49. The van der Waals surface area contributed by atoms with Gasteiger partial charge in [-0.3, -0.25) is 4.68 Å². The van der Waals surface area contributed by atoms with Crippen molar-refractivity contribution in [3.63, 3.8) is 0 Å². The molecule has 10 heteroatoms. The SMILES string of the molecule is Cc1ccc(S(=O)(=O)N[C@H]2CC[C@@H](O)CC2)cc1-c1cnc(N)c(-c2cn(C)nc2C)n1. The van der Waals surface area contributed by atoms with E-state index >= 15 is 0 Å². The van der Waals surface area contributed by atoms with Crippen LogP contribution in [0.3, 0.4) is 0 Å². The fourth-order valence-corrected chi connectivity index (χ4v) is 5.41. The maximum Gasteiger partial charge on any atom is 0.240 e. The minimum absolute atomic E-state index is 0.168. The van der Waals surface area contributed by atoms with Crippen molar-refractivity contribution in [3.05, 3.63) is 41.9 Å². The molecule has 0 atom stereocenters. The maximum atomic E-state index is 13.0. The van der Waals surface area contributed by atoms with Crippen LogP contribution in [-0.2, 0) is 17.1 Å². The number of hydrogen-bond acceptors (Lipinski definition) is 7. The lowest BCUT2D eigenvalue weighted by molar-refractivity contribution is 0.120. The predicted molar refractivity (Wildman–Crippen MR) is 122 cm³/mol. The quantitative estimate of drug-likeness (QED) is 0.536. The lowest BCUT2D eigenvalue weighted by Gasteiger charge is -2.26. The van der Waals surface area contributed by atoms with Gasteiger partial charge in [0, 0.05) is 30.4 Å². The third-order valence-corrected chi connectivity index (χ3v) is 7.40. The summed E-state index contributed by atoms with van der Waals surface area (Å²) in [4.78, 5) is 9.18. The highest BCUT2D eigenvalue weighted by molar-refractivity contribution is 7.89. The number of nitrogens with two attached hydrogens (primary N) is 1. The molecule has 0 aliphatic heterocycles. The van der Waals surface area contributed by atoms with Gasteiger partial charge in [0.1, 0.15) is 11.5 Å². The molecule has 4 rings (SSSR count). The number of nitrogen functional groups attached to an aromatic ring is 1. The molecule has 1 aliphatic rings. The average Bonchev–Trinajstić information content (AvgIpc) is 3.08. The van der Waals surface area contributed by atoms with Crippen LogP contribution in [0.2, 0.25) is 0 Å². The van der Waals surface area contributed by atoms with E-state index in [9.17, 15) is 13.5 Å². The summed E-state index contributed by atoms with van der Waals surface area (Å²) in [6, 6.07) is 4.80. The van der Waals surface area contributed by atoms with Gasteiger partial charge >= 0.3 is 0 Å². The fourth-order valence-electron chi connectivity index (χ4n) is 4.08. The first kappa shape index (κ1) is 22.4. The Morgan fingerprint density at radius 2 is 1.88 bits per heavy atom.